The van der Waals surface area contributed by atoms with Gasteiger partial charge in [-0.05, 0) is 34.9 Å². The molecule has 0 radical (unpaired) electrons. The molecule has 0 unspecified atom stereocenters. The van der Waals surface area contributed by atoms with Gasteiger partial charge in [0.25, 0.3) is 11.8 Å². The summed E-state index contributed by atoms with van der Waals surface area (Å²) in [6.45, 7) is 9.31. The first kappa shape index (κ1) is 21.7. The van der Waals surface area contributed by atoms with Crippen molar-refractivity contribution in [2.75, 3.05) is 5.32 Å². The minimum atomic E-state index is -0.551. The lowest BCUT2D eigenvalue weighted by molar-refractivity contribution is -0.117. The molecule has 0 bridgehead atoms. The molecular formula is C24H22N6O3. The molecule has 0 spiro atoms. The van der Waals surface area contributed by atoms with Crippen LogP contribution in [0.5, 0.6) is 0 Å². The Kier molecular flexibility index (Phi) is 5.61. The van der Waals surface area contributed by atoms with E-state index < -0.39 is 5.91 Å². The van der Waals surface area contributed by atoms with E-state index in [2.05, 4.69) is 34.0 Å². The second-order valence-corrected chi connectivity index (χ2v) is 7.63. The summed E-state index contributed by atoms with van der Waals surface area (Å²) in [5.41, 5.74) is 4.02. The van der Waals surface area contributed by atoms with E-state index in [-0.39, 0.29) is 29.8 Å². The van der Waals surface area contributed by atoms with Crippen LogP contribution >= 0.6 is 0 Å². The first-order chi connectivity index (χ1) is 15.8. The van der Waals surface area contributed by atoms with E-state index in [1.54, 1.807) is 35.9 Å². The number of carbonyl (C=O) groups excluding carboxylic acids is 3. The lowest BCUT2D eigenvalue weighted by Crippen LogP contribution is -2.34. The first-order valence-electron chi connectivity index (χ1n) is 10.1. The Balaban J connectivity index is 1.54. The van der Waals surface area contributed by atoms with Crippen LogP contribution in [0.15, 0.2) is 67.6 Å². The number of anilines is 1. The number of aromatic nitrogens is 3. The smallest absolute Gasteiger partial charge is 0.271 e. The molecule has 4 rings (SSSR count). The summed E-state index contributed by atoms with van der Waals surface area (Å²) in [7, 11) is 1.73. The van der Waals surface area contributed by atoms with Crippen LogP contribution in [0.25, 0.3) is 16.8 Å². The highest BCUT2D eigenvalue weighted by Crippen LogP contribution is 2.34. The minimum Gasteiger partial charge on any atom is -0.326 e. The van der Waals surface area contributed by atoms with Gasteiger partial charge in [0.15, 0.2) is 5.82 Å². The highest BCUT2D eigenvalue weighted by molar-refractivity contribution is 6.07. The molecule has 2 N–H and O–H groups in total. The minimum absolute atomic E-state index is 0.00599. The Labute approximate surface area is 190 Å². The number of aryl methyl sites for hydroxylation is 1. The van der Waals surface area contributed by atoms with Crippen LogP contribution in [0, 0.1) is 0 Å². The molecule has 0 saturated carbocycles. The molecule has 2 heterocycles. The van der Waals surface area contributed by atoms with Crippen LogP contribution in [-0.2, 0) is 23.2 Å². The van der Waals surface area contributed by atoms with Crippen molar-refractivity contribution < 1.29 is 14.4 Å². The molecule has 0 fully saturated rings. The molecule has 1 aliphatic rings. The first-order valence-corrected chi connectivity index (χ1v) is 10.1. The van der Waals surface area contributed by atoms with Gasteiger partial charge in [-0.2, -0.15) is 0 Å². The number of nitrogens with zero attached hydrogens (tertiary/aromatic N) is 4. The van der Waals surface area contributed by atoms with Crippen molar-refractivity contribution >= 4 is 29.1 Å². The third kappa shape index (κ3) is 4.16. The Bertz CT molecular complexity index is 1310. The number of fused-ring (bicyclic) bond motifs is 1. The van der Waals surface area contributed by atoms with E-state index >= 15 is 0 Å². The number of hydrogen-bond acceptors (Lipinski definition) is 5. The van der Waals surface area contributed by atoms with Gasteiger partial charge in [0.05, 0.1) is 12.2 Å². The highest BCUT2D eigenvalue weighted by atomic mass is 16.2. The molecule has 9 heteroatoms. The zero-order valence-corrected chi connectivity index (χ0v) is 18.3. The molecule has 166 valence electrons. The van der Waals surface area contributed by atoms with Crippen LogP contribution in [0.3, 0.4) is 0 Å². The van der Waals surface area contributed by atoms with Crippen molar-refractivity contribution in [3.05, 3.63) is 84.6 Å². The maximum atomic E-state index is 13.1. The summed E-state index contributed by atoms with van der Waals surface area (Å²) in [5, 5.41) is 13.0. The molecular weight excluding hydrogens is 420 g/mol. The maximum absolute atomic E-state index is 13.1. The van der Waals surface area contributed by atoms with Gasteiger partial charge in [0, 0.05) is 25.2 Å². The van der Waals surface area contributed by atoms with Gasteiger partial charge in [-0.25, -0.2) is 0 Å². The number of nitrogens with one attached hydrogen (secondary N) is 2. The predicted octanol–water partition coefficient (Wildman–Crippen LogP) is 2.70. The Morgan fingerprint density at radius 1 is 1.06 bits per heavy atom. The summed E-state index contributed by atoms with van der Waals surface area (Å²) < 4.78 is 1.62. The van der Waals surface area contributed by atoms with Gasteiger partial charge >= 0.3 is 0 Å². The lowest BCUT2D eigenvalue weighted by atomic mass is 9.97. The molecule has 33 heavy (non-hydrogen) atoms. The van der Waals surface area contributed by atoms with E-state index in [0.29, 0.717) is 17.1 Å². The average Bonchev–Trinajstić information content (AvgIpc) is 3.36. The number of hydrogen-bond donors (Lipinski definition) is 2. The topological polar surface area (TPSA) is 109 Å². The molecule has 1 aromatic heterocycles. The Morgan fingerprint density at radius 2 is 1.76 bits per heavy atom. The van der Waals surface area contributed by atoms with E-state index in [9.17, 15) is 14.4 Å². The van der Waals surface area contributed by atoms with Gasteiger partial charge in [-0.15, -0.1) is 10.2 Å². The van der Waals surface area contributed by atoms with E-state index in [4.69, 9.17) is 0 Å². The number of carbonyl (C=O) groups is 3. The Morgan fingerprint density at radius 3 is 2.39 bits per heavy atom. The van der Waals surface area contributed by atoms with Crippen LogP contribution in [-0.4, -0.2) is 37.4 Å². The number of amides is 3. The van der Waals surface area contributed by atoms with Gasteiger partial charge in [0.2, 0.25) is 5.91 Å². The fourth-order valence-electron chi connectivity index (χ4n) is 3.70. The standard InChI is InChI=1S/C24H22N6O3/c1-14(22-28-25-13-29(22)4)26-23(32)15(2)30-12-21-19(6-5-7-20(21)24(30)33)17-8-10-18(11-9-17)27-16(3)31/h5-11,13H,1-2,12H2,3-4H3,(H,26,32)(H,27,31). The van der Waals surface area contributed by atoms with Crippen molar-refractivity contribution in [3.8, 4) is 11.1 Å². The summed E-state index contributed by atoms with van der Waals surface area (Å²) >= 11 is 0. The van der Waals surface area contributed by atoms with E-state index in [0.717, 1.165) is 16.7 Å². The molecule has 0 saturated heterocycles. The summed E-state index contributed by atoms with van der Waals surface area (Å²) in [6, 6.07) is 12.8. The quantitative estimate of drug-likeness (QED) is 0.571. The fraction of sp³-hybridized carbons (Fsp3) is 0.125. The van der Waals surface area contributed by atoms with Crippen LogP contribution in [0.2, 0.25) is 0 Å². The highest BCUT2D eigenvalue weighted by Gasteiger charge is 2.33. The molecule has 0 aliphatic carbocycles. The summed E-state index contributed by atoms with van der Waals surface area (Å²) in [4.78, 5) is 38.4. The monoisotopic (exact) mass is 442 g/mol. The van der Waals surface area contributed by atoms with Gasteiger partial charge < -0.3 is 15.2 Å². The molecule has 9 nitrogen and oxygen atoms in total. The zero-order valence-electron chi connectivity index (χ0n) is 18.3. The van der Waals surface area contributed by atoms with Crippen molar-refractivity contribution in [1.29, 1.82) is 0 Å². The molecule has 0 atom stereocenters. The lowest BCUT2D eigenvalue weighted by Gasteiger charge is -2.18. The SMILES string of the molecule is C=C(NC(=O)C(=C)N1Cc2c(cccc2-c2ccc(NC(C)=O)cc2)C1=O)c1nncn1C. The van der Waals surface area contributed by atoms with E-state index in [1.807, 2.05) is 18.2 Å². The van der Waals surface area contributed by atoms with Gasteiger partial charge in [-0.1, -0.05) is 37.4 Å². The normalized spacial score (nSPS) is 12.3. The van der Waals surface area contributed by atoms with Crippen LogP contribution < -0.4 is 10.6 Å². The van der Waals surface area contributed by atoms with Crippen LogP contribution in [0.4, 0.5) is 5.69 Å². The zero-order chi connectivity index (χ0) is 23.7. The largest absolute Gasteiger partial charge is 0.326 e. The molecule has 1 aliphatic heterocycles. The average molecular weight is 442 g/mol. The molecule has 3 amide bonds. The third-order valence-electron chi connectivity index (χ3n) is 5.32. The van der Waals surface area contributed by atoms with Gasteiger partial charge in [0.1, 0.15) is 12.0 Å². The van der Waals surface area contributed by atoms with Crippen molar-refractivity contribution in [1.82, 2.24) is 25.0 Å². The molecule has 2 aromatic carbocycles. The van der Waals surface area contributed by atoms with Crippen LogP contribution in [0.1, 0.15) is 28.7 Å². The maximum Gasteiger partial charge on any atom is 0.271 e. The second-order valence-electron chi connectivity index (χ2n) is 7.63. The van der Waals surface area contributed by atoms with Crippen molar-refractivity contribution in [3.63, 3.8) is 0 Å². The number of benzene rings is 2. The second kappa shape index (κ2) is 8.54. The van der Waals surface area contributed by atoms with Crippen molar-refractivity contribution in [2.45, 2.75) is 13.5 Å². The van der Waals surface area contributed by atoms with Gasteiger partial charge in [-0.3, -0.25) is 19.3 Å². The third-order valence-corrected chi connectivity index (χ3v) is 5.32. The number of rotatable bonds is 6. The predicted molar refractivity (Wildman–Crippen MR) is 123 cm³/mol. The summed E-state index contributed by atoms with van der Waals surface area (Å²) in [6.07, 6.45) is 1.49. The fourth-order valence-corrected chi connectivity index (χ4v) is 3.70. The Hall–Kier alpha value is -4.53. The summed E-state index contributed by atoms with van der Waals surface area (Å²) in [5.74, 6) is -0.600. The van der Waals surface area contributed by atoms with E-state index in [1.165, 1.54) is 18.2 Å². The molecule has 3 aromatic rings. The van der Waals surface area contributed by atoms with Crippen molar-refractivity contribution in [2.24, 2.45) is 7.05 Å².